The van der Waals surface area contributed by atoms with Gasteiger partial charge in [-0.1, -0.05) is 11.6 Å². The average Bonchev–Trinajstić information content (AvgIpc) is 3.05. The summed E-state index contributed by atoms with van der Waals surface area (Å²) in [5.74, 6) is 0.254. The molecule has 1 aliphatic heterocycles. The number of likely N-dealkylation sites (tertiary alicyclic amines) is 1. The van der Waals surface area contributed by atoms with Crippen LogP contribution in [-0.4, -0.2) is 39.2 Å². The van der Waals surface area contributed by atoms with Crippen molar-refractivity contribution in [2.45, 2.75) is 31.3 Å². The highest BCUT2D eigenvalue weighted by Crippen LogP contribution is 2.45. The van der Waals surface area contributed by atoms with Crippen LogP contribution >= 0.6 is 11.6 Å². The molecular weight excluding hydrogens is 264 g/mol. The van der Waals surface area contributed by atoms with Crippen LogP contribution in [0.4, 0.5) is 0 Å². The molecule has 1 saturated carbocycles. The fourth-order valence-electron chi connectivity index (χ4n) is 3.04. The number of nitrogens with zero attached hydrogens (tertiary/aromatic N) is 2. The molecule has 2 fully saturated rings. The maximum absolute atomic E-state index is 12.5. The predicted octanol–water partition coefficient (Wildman–Crippen LogP) is 2.06. The number of hydrogen-bond donors (Lipinski definition) is 1. The molecule has 1 amide bonds. The molecule has 5 heteroatoms. The first-order valence-electron chi connectivity index (χ1n) is 6.83. The van der Waals surface area contributed by atoms with Gasteiger partial charge in [0.25, 0.3) is 5.91 Å². The van der Waals surface area contributed by atoms with Crippen LogP contribution in [0.5, 0.6) is 0 Å². The van der Waals surface area contributed by atoms with E-state index in [0.29, 0.717) is 17.3 Å². The number of hydrogen-bond acceptors (Lipinski definition) is 2. The van der Waals surface area contributed by atoms with Gasteiger partial charge in [0.05, 0.1) is 10.6 Å². The average molecular weight is 283 g/mol. The molecule has 0 aromatic carbocycles. The van der Waals surface area contributed by atoms with Gasteiger partial charge in [-0.3, -0.25) is 4.79 Å². The molecular formula is C14H19ClN2O2. The van der Waals surface area contributed by atoms with Crippen molar-refractivity contribution in [1.29, 1.82) is 0 Å². The molecule has 2 heterocycles. The summed E-state index contributed by atoms with van der Waals surface area (Å²) in [6.45, 7) is 1.44. The Kier molecular flexibility index (Phi) is 3.10. The van der Waals surface area contributed by atoms with Gasteiger partial charge >= 0.3 is 0 Å². The van der Waals surface area contributed by atoms with Crippen LogP contribution in [0.3, 0.4) is 0 Å². The smallest absolute Gasteiger partial charge is 0.270 e. The van der Waals surface area contributed by atoms with Crippen LogP contribution in [0.25, 0.3) is 0 Å². The normalized spacial score (nSPS) is 25.4. The lowest BCUT2D eigenvalue weighted by molar-refractivity contribution is 0.0278. The quantitative estimate of drug-likeness (QED) is 0.902. The molecule has 0 bridgehead atoms. The zero-order chi connectivity index (χ0) is 13.6. The molecule has 0 radical (unpaired) electrons. The van der Waals surface area contributed by atoms with Crippen molar-refractivity contribution < 1.29 is 9.90 Å². The summed E-state index contributed by atoms with van der Waals surface area (Å²) >= 11 is 5.93. The number of carbonyl (C=O) groups is 1. The highest BCUT2D eigenvalue weighted by atomic mass is 35.5. The third-order valence-electron chi connectivity index (χ3n) is 4.42. The van der Waals surface area contributed by atoms with Gasteiger partial charge in [-0.15, -0.1) is 0 Å². The first kappa shape index (κ1) is 13.0. The first-order chi connectivity index (χ1) is 8.99. The topological polar surface area (TPSA) is 45.5 Å². The lowest BCUT2D eigenvalue weighted by Gasteiger charge is -2.35. The Hall–Kier alpha value is -1.00. The second-order valence-corrected chi connectivity index (χ2v) is 6.28. The largest absolute Gasteiger partial charge is 0.390 e. The second kappa shape index (κ2) is 4.53. The van der Waals surface area contributed by atoms with Crippen molar-refractivity contribution in [3.63, 3.8) is 0 Å². The first-order valence-corrected chi connectivity index (χ1v) is 7.21. The highest BCUT2D eigenvalue weighted by molar-refractivity contribution is 6.31. The predicted molar refractivity (Wildman–Crippen MR) is 73.2 cm³/mol. The Morgan fingerprint density at radius 2 is 2.26 bits per heavy atom. The number of halogens is 1. The third kappa shape index (κ3) is 2.39. The maximum Gasteiger partial charge on any atom is 0.270 e. The van der Waals surface area contributed by atoms with Crippen molar-refractivity contribution in [2.24, 2.45) is 13.0 Å². The highest BCUT2D eigenvalue weighted by Gasteiger charge is 2.49. The number of piperidine rings is 1. The molecule has 3 rings (SSSR count). The summed E-state index contributed by atoms with van der Waals surface area (Å²) in [4.78, 5) is 14.3. The fourth-order valence-corrected chi connectivity index (χ4v) is 3.29. The van der Waals surface area contributed by atoms with E-state index in [9.17, 15) is 9.90 Å². The summed E-state index contributed by atoms with van der Waals surface area (Å²) < 4.78 is 1.76. The number of carbonyl (C=O) groups excluding carboxylic acids is 1. The number of rotatable bonds is 2. The van der Waals surface area contributed by atoms with Gasteiger partial charge in [-0.2, -0.15) is 0 Å². The minimum absolute atomic E-state index is 0.0170. The number of aliphatic hydroxyl groups is 1. The van der Waals surface area contributed by atoms with Crippen molar-refractivity contribution in [2.75, 3.05) is 13.1 Å². The van der Waals surface area contributed by atoms with Gasteiger partial charge in [0, 0.05) is 32.3 Å². The summed E-state index contributed by atoms with van der Waals surface area (Å²) in [7, 11) is 1.83. The van der Waals surface area contributed by atoms with Crippen molar-refractivity contribution >= 4 is 17.5 Å². The zero-order valence-corrected chi connectivity index (χ0v) is 11.9. The number of amides is 1. The van der Waals surface area contributed by atoms with E-state index in [2.05, 4.69) is 0 Å². The van der Waals surface area contributed by atoms with Crippen LogP contribution in [0, 0.1) is 5.92 Å². The van der Waals surface area contributed by atoms with Gasteiger partial charge in [-0.05, 0) is 31.7 Å². The number of aryl methyl sites for hydroxylation is 1. The van der Waals surface area contributed by atoms with Gasteiger partial charge in [0.2, 0.25) is 0 Å². The molecule has 1 aromatic rings. The van der Waals surface area contributed by atoms with E-state index in [1.54, 1.807) is 16.8 Å². The zero-order valence-electron chi connectivity index (χ0n) is 11.1. The van der Waals surface area contributed by atoms with Gasteiger partial charge in [0.15, 0.2) is 0 Å². The summed E-state index contributed by atoms with van der Waals surface area (Å²) in [6.07, 6.45) is 5.50. The molecule has 104 valence electrons. The second-order valence-electron chi connectivity index (χ2n) is 5.85. The van der Waals surface area contributed by atoms with Crippen molar-refractivity contribution in [3.8, 4) is 0 Å². The molecule has 1 unspecified atom stereocenters. The molecule has 1 aromatic heterocycles. The van der Waals surface area contributed by atoms with E-state index in [1.165, 1.54) is 0 Å². The molecule has 1 atom stereocenters. The lowest BCUT2D eigenvalue weighted by Crippen LogP contribution is -2.44. The van der Waals surface area contributed by atoms with Gasteiger partial charge in [0.1, 0.15) is 5.69 Å². The monoisotopic (exact) mass is 282 g/mol. The van der Waals surface area contributed by atoms with Crippen LogP contribution in [0.1, 0.15) is 36.2 Å². The molecule has 4 nitrogen and oxygen atoms in total. The van der Waals surface area contributed by atoms with Crippen LogP contribution in [0.15, 0.2) is 12.3 Å². The standard InChI is InChI=1S/C14H19ClN2O2/c1-16-9-11(15)7-12(16)13(18)17-6-2-3-10(8-17)14(19)4-5-14/h7,9-10,19H,2-6,8H2,1H3. The lowest BCUT2D eigenvalue weighted by atomic mass is 9.90. The van der Waals surface area contributed by atoms with Crippen LogP contribution < -0.4 is 0 Å². The fraction of sp³-hybridized carbons (Fsp3) is 0.643. The SMILES string of the molecule is Cn1cc(Cl)cc1C(=O)N1CCCC(C2(O)CC2)C1. The van der Waals surface area contributed by atoms with Crippen molar-refractivity contribution in [3.05, 3.63) is 23.0 Å². The Bertz CT molecular complexity index is 508. The van der Waals surface area contributed by atoms with E-state index < -0.39 is 5.60 Å². The Morgan fingerprint density at radius 1 is 1.53 bits per heavy atom. The summed E-state index contributed by atoms with van der Waals surface area (Å²) in [6, 6.07) is 1.71. The maximum atomic E-state index is 12.5. The van der Waals surface area contributed by atoms with E-state index in [-0.39, 0.29) is 11.8 Å². The minimum atomic E-state index is -0.495. The van der Waals surface area contributed by atoms with Crippen molar-refractivity contribution in [1.82, 2.24) is 9.47 Å². The molecule has 0 spiro atoms. The van der Waals surface area contributed by atoms with E-state index >= 15 is 0 Å². The summed E-state index contributed by atoms with van der Waals surface area (Å²) in [5.41, 5.74) is 0.124. The van der Waals surface area contributed by atoms with Crippen LogP contribution in [-0.2, 0) is 7.05 Å². The van der Waals surface area contributed by atoms with Crippen LogP contribution in [0.2, 0.25) is 5.02 Å². The number of aromatic nitrogens is 1. The van der Waals surface area contributed by atoms with E-state index in [0.717, 1.165) is 32.2 Å². The Morgan fingerprint density at radius 3 is 2.84 bits per heavy atom. The molecule has 2 aliphatic rings. The molecule has 1 aliphatic carbocycles. The third-order valence-corrected chi connectivity index (χ3v) is 4.63. The van der Waals surface area contributed by atoms with E-state index in [1.807, 2.05) is 11.9 Å². The Labute approximate surface area is 118 Å². The molecule has 19 heavy (non-hydrogen) atoms. The van der Waals surface area contributed by atoms with Gasteiger partial charge in [-0.25, -0.2) is 0 Å². The minimum Gasteiger partial charge on any atom is -0.390 e. The van der Waals surface area contributed by atoms with E-state index in [4.69, 9.17) is 11.6 Å². The summed E-state index contributed by atoms with van der Waals surface area (Å²) in [5, 5.41) is 10.8. The van der Waals surface area contributed by atoms with Gasteiger partial charge < -0.3 is 14.6 Å². The molecule has 1 saturated heterocycles. The Balaban J connectivity index is 1.74. The molecule has 1 N–H and O–H groups in total.